The lowest BCUT2D eigenvalue weighted by atomic mass is 9.98. The zero-order chi connectivity index (χ0) is 14.5. The van der Waals surface area contributed by atoms with Gasteiger partial charge in [0.25, 0.3) is 0 Å². The van der Waals surface area contributed by atoms with E-state index in [0.29, 0.717) is 36.8 Å². The molecule has 1 amide bonds. The van der Waals surface area contributed by atoms with Crippen molar-refractivity contribution in [3.63, 3.8) is 0 Å². The molecule has 0 radical (unpaired) electrons. The molecule has 1 aliphatic rings. The minimum atomic E-state index is -1.05. The van der Waals surface area contributed by atoms with E-state index >= 15 is 0 Å². The molecule has 6 heteroatoms. The molecule has 20 heavy (non-hydrogen) atoms. The number of carbonyl (C=O) groups excluding carboxylic acids is 1. The van der Waals surface area contributed by atoms with Gasteiger partial charge in [0, 0.05) is 29.8 Å². The Morgan fingerprint density at radius 1 is 1.35 bits per heavy atom. The fourth-order valence-corrected chi connectivity index (χ4v) is 2.43. The lowest BCUT2D eigenvalue weighted by molar-refractivity contribution is -0.137. The third-order valence-electron chi connectivity index (χ3n) is 3.25. The Morgan fingerprint density at radius 2 is 2.05 bits per heavy atom. The summed E-state index contributed by atoms with van der Waals surface area (Å²) < 4.78 is 5.23. The SMILES string of the molecule is O=C(O)CN(C(=O)C1CCOCC1)c1cccc(Cl)c1. The maximum atomic E-state index is 12.5. The maximum absolute atomic E-state index is 12.5. The van der Waals surface area contributed by atoms with Gasteiger partial charge in [-0.05, 0) is 31.0 Å². The highest BCUT2D eigenvalue weighted by molar-refractivity contribution is 6.31. The molecule has 108 valence electrons. The first-order valence-electron chi connectivity index (χ1n) is 6.44. The predicted octanol–water partition coefficient (Wildman–Crippen LogP) is 2.18. The first-order valence-corrected chi connectivity index (χ1v) is 6.82. The lowest BCUT2D eigenvalue weighted by Gasteiger charge is -2.28. The lowest BCUT2D eigenvalue weighted by Crippen LogP contribution is -2.41. The fraction of sp³-hybridized carbons (Fsp3) is 0.429. The van der Waals surface area contributed by atoms with Gasteiger partial charge >= 0.3 is 5.97 Å². The second-order valence-electron chi connectivity index (χ2n) is 4.68. The van der Waals surface area contributed by atoms with Crippen LogP contribution in [0.5, 0.6) is 0 Å². The Kier molecular flexibility index (Phi) is 4.98. The number of carbonyl (C=O) groups is 2. The second-order valence-corrected chi connectivity index (χ2v) is 5.12. The van der Waals surface area contributed by atoms with Gasteiger partial charge in [-0.25, -0.2) is 0 Å². The zero-order valence-electron chi connectivity index (χ0n) is 10.9. The maximum Gasteiger partial charge on any atom is 0.323 e. The topological polar surface area (TPSA) is 66.8 Å². The number of ether oxygens (including phenoxy) is 1. The molecule has 1 N–H and O–H groups in total. The number of halogens is 1. The highest BCUT2D eigenvalue weighted by Gasteiger charge is 2.28. The zero-order valence-corrected chi connectivity index (χ0v) is 11.7. The van der Waals surface area contributed by atoms with E-state index in [-0.39, 0.29) is 18.4 Å². The molecule has 1 aromatic carbocycles. The fourth-order valence-electron chi connectivity index (χ4n) is 2.24. The minimum Gasteiger partial charge on any atom is -0.480 e. The smallest absolute Gasteiger partial charge is 0.323 e. The van der Waals surface area contributed by atoms with Crippen LogP contribution in [-0.4, -0.2) is 36.7 Å². The van der Waals surface area contributed by atoms with Gasteiger partial charge in [0.05, 0.1) is 0 Å². The van der Waals surface area contributed by atoms with Crippen LogP contribution in [0, 0.1) is 5.92 Å². The summed E-state index contributed by atoms with van der Waals surface area (Å²) in [5, 5.41) is 9.48. The van der Waals surface area contributed by atoms with Gasteiger partial charge in [0.2, 0.25) is 5.91 Å². The van der Waals surface area contributed by atoms with Crippen LogP contribution >= 0.6 is 11.6 Å². The van der Waals surface area contributed by atoms with Crippen molar-refractivity contribution in [3.05, 3.63) is 29.3 Å². The Bertz CT molecular complexity index is 500. The number of anilines is 1. The predicted molar refractivity (Wildman–Crippen MR) is 75.0 cm³/mol. The number of hydrogen-bond acceptors (Lipinski definition) is 3. The van der Waals surface area contributed by atoms with E-state index in [1.807, 2.05) is 0 Å². The normalized spacial score (nSPS) is 15.8. The van der Waals surface area contributed by atoms with Crippen molar-refractivity contribution in [2.75, 3.05) is 24.7 Å². The number of carboxylic acid groups (broad SMARTS) is 1. The number of rotatable bonds is 4. The third-order valence-corrected chi connectivity index (χ3v) is 3.48. The average Bonchev–Trinajstić information content (AvgIpc) is 2.45. The summed E-state index contributed by atoms with van der Waals surface area (Å²) in [7, 11) is 0. The van der Waals surface area contributed by atoms with Crippen LogP contribution in [0.1, 0.15) is 12.8 Å². The van der Waals surface area contributed by atoms with Crippen LogP contribution in [0.25, 0.3) is 0 Å². The highest BCUT2D eigenvalue weighted by Crippen LogP contribution is 2.24. The number of hydrogen-bond donors (Lipinski definition) is 1. The molecule has 1 aromatic rings. The van der Waals surface area contributed by atoms with E-state index in [1.165, 1.54) is 4.90 Å². The van der Waals surface area contributed by atoms with Crippen LogP contribution in [0.15, 0.2) is 24.3 Å². The van der Waals surface area contributed by atoms with Crippen LogP contribution in [0.2, 0.25) is 5.02 Å². The number of carboxylic acids is 1. The molecule has 1 aliphatic heterocycles. The molecule has 0 bridgehead atoms. The van der Waals surface area contributed by atoms with E-state index in [0.717, 1.165) is 0 Å². The van der Waals surface area contributed by atoms with E-state index in [9.17, 15) is 9.59 Å². The van der Waals surface area contributed by atoms with Crippen molar-refractivity contribution in [1.82, 2.24) is 0 Å². The molecule has 2 rings (SSSR count). The minimum absolute atomic E-state index is 0.182. The van der Waals surface area contributed by atoms with Crippen LogP contribution in [0.4, 0.5) is 5.69 Å². The van der Waals surface area contributed by atoms with Crippen molar-refractivity contribution >= 4 is 29.2 Å². The molecule has 0 unspecified atom stereocenters. The number of nitrogens with zero attached hydrogens (tertiary/aromatic N) is 1. The van der Waals surface area contributed by atoms with Crippen molar-refractivity contribution in [2.45, 2.75) is 12.8 Å². The van der Waals surface area contributed by atoms with E-state index < -0.39 is 5.97 Å². The number of aliphatic carboxylic acids is 1. The van der Waals surface area contributed by atoms with Gasteiger partial charge in [-0.3, -0.25) is 9.59 Å². The second kappa shape index (κ2) is 6.72. The Hall–Kier alpha value is -1.59. The largest absolute Gasteiger partial charge is 0.480 e. The van der Waals surface area contributed by atoms with Gasteiger partial charge in [0.1, 0.15) is 6.54 Å². The summed E-state index contributed by atoms with van der Waals surface area (Å²) in [4.78, 5) is 24.8. The van der Waals surface area contributed by atoms with Crippen molar-refractivity contribution in [3.8, 4) is 0 Å². The molecule has 0 saturated carbocycles. The molecular formula is C14H16ClNO4. The van der Waals surface area contributed by atoms with Gasteiger partial charge < -0.3 is 14.7 Å². The first kappa shape index (κ1) is 14.8. The summed E-state index contributed by atoms with van der Waals surface area (Å²) in [6.07, 6.45) is 1.24. The van der Waals surface area contributed by atoms with Gasteiger partial charge in [-0.15, -0.1) is 0 Å². The standard InChI is InChI=1S/C14H16ClNO4/c15-11-2-1-3-12(8-11)16(9-13(17)18)14(19)10-4-6-20-7-5-10/h1-3,8,10H,4-7,9H2,(H,17,18). The monoisotopic (exact) mass is 297 g/mol. The Morgan fingerprint density at radius 3 is 2.65 bits per heavy atom. The summed E-state index contributed by atoms with van der Waals surface area (Å²) in [5.41, 5.74) is 0.511. The van der Waals surface area contributed by atoms with E-state index in [2.05, 4.69) is 0 Å². The molecule has 5 nitrogen and oxygen atoms in total. The van der Waals surface area contributed by atoms with Gasteiger partial charge in [0.15, 0.2) is 0 Å². The van der Waals surface area contributed by atoms with Crippen molar-refractivity contribution < 1.29 is 19.4 Å². The number of benzene rings is 1. The first-order chi connectivity index (χ1) is 9.58. The summed E-state index contributed by atoms with van der Waals surface area (Å²) in [6, 6.07) is 6.67. The van der Waals surface area contributed by atoms with E-state index in [4.69, 9.17) is 21.4 Å². The molecule has 0 aliphatic carbocycles. The Balaban J connectivity index is 2.22. The van der Waals surface area contributed by atoms with E-state index in [1.54, 1.807) is 24.3 Å². The molecule has 1 heterocycles. The van der Waals surface area contributed by atoms with Crippen LogP contribution < -0.4 is 4.90 Å². The average molecular weight is 298 g/mol. The molecule has 1 fully saturated rings. The van der Waals surface area contributed by atoms with Crippen LogP contribution in [-0.2, 0) is 14.3 Å². The van der Waals surface area contributed by atoms with Crippen molar-refractivity contribution in [1.29, 1.82) is 0 Å². The Labute approximate surface area is 122 Å². The summed E-state index contributed by atoms with van der Waals surface area (Å²) in [6.45, 7) is 0.705. The summed E-state index contributed by atoms with van der Waals surface area (Å²) in [5.74, 6) is -1.43. The molecule has 0 atom stereocenters. The quantitative estimate of drug-likeness (QED) is 0.925. The van der Waals surface area contributed by atoms with Gasteiger partial charge in [-0.1, -0.05) is 17.7 Å². The van der Waals surface area contributed by atoms with Gasteiger partial charge in [-0.2, -0.15) is 0 Å². The number of amides is 1. The van der Waals surface area contributed by atoms with Crippen LogP contribution in [0.3, 0.4) is 0 Å². The van der Waals surface area contributed by atoms with Crippen molar-refractivity contribution in [2.24, 2.45) is 5.92 Å². The molecule has 0 aromatic heterocycles. The molecule has 0 spiro atoms. The molecule has 1 saturated heterocycles. The highest BCUT2D eigenvalue weighted by atomic mass is 35.5. The third kappa shape index (κ3) is 3.71. The summed E-state index contributed by atoms with van der Waals surface area (Å²) >= 11 is 5.91. The molecular weight excluding hydrogens is 282 g/mol.